The van der Waals surface area contributed by atoms with Crippen LogP contribution in [-0.4, -0.2) is 44.8 Å². The monoisotopic (exact) mass is 439 g/mol. The lowest BCUT2D eigenvalue weighted by Crippen LogP contribution is -2.41. The highest BCUT2D eigenvalue weighted by Crippen LogP contribution is 2.31. The van der Waals surface area contributed by atoms with Crippen molar-refractivity contribution in [3.63, 3.8) is 0 Å². The third kappa shape index (κ3) is 4.46. The van der Waals surface area contributed by atoms with Crippen molar-refractivity contribution >= 4 is 27.6 Å². The third-order valence-electron chi connectivity index (χ3n) is 5.26. The average Bonchev–Trinajstić information content (AvgIpc) is 2.76. The Balaban J connectivity index is 1.45. The van der Waals surface area contributed by atoms with E-state index in [0.717, 1.165) is 12.8 Å². The Morgan fingerprint density at radius 2 is 2.13 bits per heavy atom. The van der Waals surface area contributed by atoms with Crippen LogP contribution in [0.4, 0.5) is 5.69 Å². The van der Waals surface area contributed by atoms with Crippen LogP contribution in [0.25, 0.3) is 0 Å². The molecule has 2 aromatic carbocycles. The normalized spacial score (nSPS) is 19.4. The van der Waals surface area contributed by atoms with E-state index >= 15 is 0 Å². The number of likely N-dealkylation sites (tertiary alicyclic amines) is 1. The van der Waals surface area contributed by atoms with Crippen LogP contribution in [0.5, 0.6) is 5.75 Å². The number of piperidine rings is 1. The Hall–Kier alpha value is -3.58. The van der Waals surface area contributed by atoms with Gasteiger partial charge in [-0.1, -0.05) is 12.1 Å². The number of carbonyl (C=O) groups excluding carboxylic acids is 1. The second kappa shape index (κ2) is 8.28. The molecule has 2 aliphatic rings. The van der Waals surface area contributed by atoms with Crippen molar-refractivity contribution in [1.29, 1.82) is 5.26 Å². The van der Waals surface area contributed by atoms with Gasteiger partial charge in [0.05, 0.1) is 29.5 Å². The highest BCUT2D eigenvalue weighted by Gasteiger charge is 2.27. The predicted molar refractivity (Wildman–Crippen MR) is 115 cm³/mol. The minimum atomic E-state index is -3.85. The highest BCUT2D eigenvalue weighted by molar-refractivity contribution is 7.91. The van der Waals surface area contributed by atoms with Crippen molar-refractivity contribution in [3.05, 3.63) is 59.2 Å². The van der Waals surface area contributed by atoms with Crippen LogP contribution in [0.3, 0.4) is 0 Å². The maximum Gasteiger partial charge on any atom is 0.344 e. The molecule has 2 aromatic rings. The number of ether oxygens (including phenoxy) is 1. The molecule has 1 amide bonds. The zero-order chi connectivity index (χ0) is 22.0. The van der Waals surface area contributed by atoms with E-state index in [-0.39, 0.29) is 17.7 Å². The lowest BCUT2D eigenvalue weighted by Gasteiger charge is -2.33. The van der Waals surface area contributed by atoms with Gasteiger partial charge in [0.2, 0.25) is 0 Å². The number of nitrogens with zero attached hydrogens (tertiary/aromatic N) is 3. The van der Waals surface area contributed by atoms with Gasteiger partial charge < -0.3 is 15.4 Å². The van der Waals surface area contributed by atoms with Crippen LogP contribution in [0.15, 0.2) is 46.9 Å². The SMILES string of the molecule is N#Cc1cccc(C(=O)N2CCC[C@H](COc3cccc4c3C(N)=NS(=O)(=O)N4)C2)c1. The number of nitrogens with two attached hydrogens (primary N) is 1. The van der Waals surface area contributed by atoms with E-state index < -0.39 is 10.2 Å². The highest BCUT2D eigenvalue weighted by atomic mass is 32.2. The first-order valence-corrected chi connectivity index (χ1v) is 11.2. The fourth-order valence-corrected chi connectivity index (χ4v) is 4.68. The molecule has 1 fully saturated rings. The molecule has 2 aliphatic heterocycles. The number of fused-ring (bicyclic) bond motifs is 1. The van der Waals surface area contributed by atoms with Gasteiger partial charge >= 0.3 is 10.2 Å². The van der Waals surface area contributed by atoms with Gasteiger partial charge in [-0.3, -0.25) is 9.52 Å². The zero-order valence-electron chi connectivity index (χ0n) is 16.6. The standard InChI is InChI=1S/C21H21N5O4S/c22-11-14-4-1-6-16(10-14)21(27)26-9-3-5-15(12-26)13-30-18-8-2-7-17-19(18)20(23)25-31(28,29)24-17/h1-2,4,6-8,10,15,24H,3,5,9,12-13H2,(H2,23,25)/t15-/m0/s1. The Labute approximate surface area is 180 Å². The summed E-state index contributed by atoms with van der Waals surface area (Å²) in [6, 6.07) is 13.7. The van der Waals surface area contributed by atoms with Crippen LogP contribution in [0, 0.1) is 17.2 Å². The molecular formula is C21H21N5O4S. The number of nitrogens with one attached hydrogen (secondary N) is 1. The molecule has 1 atom stereocenters. The Kier molecular flexibility index (Phi) is 5.52. The van der Waals surface area contributed by atoms with E-state index in [0.29, 0.717) is 47.8 Å². The summed E-state index contributed by atoms with van der Waals surface area (Å²) in [4.78, 5) is 14.6. The maximum atomic E-state index is 12.9. The maximum absolute atomic E-state index is 12.9. The fraction of sp³-hybridized carbons (Fsp3) is 0.286. The summed E-state index contributed by atoms with van der Waals surface area (Å²) < 4.78 is 35.3. The Bertz CT molecular complexity index is 1200. The smallest absolute Gasteiger partial charge is 0.344 e. The second-order valence-corrected chi connectivity index (χ2v) is 8.83. The number of amidine groups is 1. The van der Waals surface area contributed by atoms with Crippen LogP contribution in [0.1, 0.15) is 34.3 Å². The molecule has 3 N–H and O–H groups in total. The van der Waals surface area contributed by atoms with E-state index in [9.17, 15) is 13.2 Å². The summed E-state index contributed by atoms with van der Waals surface area (Å²) in [5.41, 5.74) is 7.53. The topological polar surface area (TPSA) is 138 Å². The van der Waals surface area contributed by atoms with Gasteiger partial charge in [0, 0.05) is 24.6 Å². The van der Waals surface area contributed by atoms with Gasteiger partial charge in [-0.05, 0) is 43.2 Å². The first-order chi connectivity index (χ1) is 14.9. The lowest BCUT2D eigenvalue weighted by atomic mass is 9.98. The Morgan fingerprint density at radius 1 is 1.32 bits per heavy atom. The zero-order valence-corrected chi connectivity index (χ0v) is 17.4. The number of nitriles is 1. The number of rotatable bonds is 4. The number of benzene rings is 2. The van der Waals surface area contributed by atoms with E-state index in [1.807, 2.05) is 0 Å². The molecule has 0 saturated carbocycles. The number of anilines is 1. The van der Waals surface area contributed by atoms with Crippen LogP contribution in [0.2, 0.25) is 0 Å². The molecule has 0 radical (unpaired) electrons. The van der Waals surface area contributed by atoms with Crippen molar-refractivity contribution in [2.75, 3.05) is 24.4 Å². The number of carbonyl (C=O) groups is 1. The van der Waals surface area contributed by atoms with Crippen LogP contribution >= 0.6 is 0 Å². The summed E-state index contributed by atoms with van der Waals surface area (Å²) in [5, 5.41) is 9.06. The summed E-state index contributed by atoms with van der Waals surface area (Å²) in [5.74, 6) is 0.310. The first kappa shape index (κ1) is 20.7. The van der Waals surface area contributed by atoms with Gasteiger partial charge in [0.25, 0.3) is 5.91 Å². The molecule has 9 nitrogen and oxygen atoms in total. The van der Waals surface area contributed by atoms with E-state index in [4.69, 9.17) is 15.7 Å². The molecule has 31 heavy (non-hydrogen) atoms. The largest absolute Gasteiger partial charge is 0.492 e. The molecule has 4 rings (SSSR count). The van der Waals surface area contributed by atoms with Crippen molar-refractivity contribution in [3.8, 4) is 11.8 Å². The molecule has 1 saturated heterocycles. The van der Waals surface area contributed by atoms with Gasteiger partial charge in [0.15, 0.2) is 5.84 Å². The van der Waals surface area contributed by atoms with E-state index in [2.05, 4.69) is 15.2 Å². The second-order valence-electron chi connectivity index (χ2n) is 7.50. The summed E-state index contributed by atoms with van der Waals surface area (Å²) in [7, 11) is -3.85. The molecule has 0 aliphatic carbocycles. The third-order valence-corrected chi connectivity index (χ3v) is 6.17. The van der Waals surface area contributed by atoms with Gasteiger partial charge in [-0.2, -0.15) is 13.7 Å². The number of hydrogen-bond acceptors (Lipinski definition) is 6. The number of hydrogen-bond donors (Lipinski definition) is 2. The molecule has 10 heteroatoms. The first-order valence-electron chi connectivity index (χ1n) is 9.80. The van der Waals surface area contributed by atoms with Crippen LogP contribution < -0.4 is 15.2 Å². The fourth-order valence-electron chi connectivity index (χ4n) is 3.84. The predicted octanol–water partition coefficient (Wildman–Crippen LogP) is 1.87. The van der Waals surface area contributed by atoms with Crippen molar-refractivity contribution < 1.29 is 17.9 Å². The molecule has 2 heterocycles. The van der Waals surface area contributed by atoms with Crippen molar-refractivity contribution in [1.82, 2.24) is 4.90 Å². The lowest BCUT2D eigenvalue weighted by molar-refractivity contribution is 0.0633. The quantitative estimate of drug-likeness (QED) is 0.746. The van der Waals surface area contributed by atoms with E-state index in [1.165, 1.54) is 0 Å². The minimum absolute atomic E-state index is 0.103. The molecular weight excluding hydrogens is 418 g/mol. The summed E-state index contributed by atoms with van der Waals surface area (Å²) >= 11 is 0. The summed E-state index contributed by atoms with van der Waals surface area (Å²) in [6.07, 6.45) is 1.74. The number of amides is 1. The molecule has 0 unspecified atom stereocenters. The Morgan fingerprint density at radius 3 is 2.94 bits per heavy atom. The molecule has 0 spiro atoms. The van der Waals surface area contributed by atoms with Crippen molar-refractivity contribution in [2.45, 2.75) is 12.8 Å². The van der Waals surface area contributed by atoms with Gasteiger partial charge in [-0.25, -0.2) is 0 Å². The summed E-state index contributed by atoms with van der Waals surface area (Å²) in [6.45, 7) is 1.52. The van der Waals surface area contributed by atoms with Gasteiger partial charge in [0.1, 0.15) is 5.75 Å². The van der Waals surface area contributed by atoms with E-state index in [1.54, 1.807) is 47.4 Å². The minimum Gasteiger partial charge on any atom is -0.492 e. The van der Waals surface area contributed by atoms with Crippen LogP contribution in [-0.2, 0) is 10.2 Å². The molecule has 160 valence electrons. The van der Waals surface area contributed by atoms with Crippen molar-refractivity contribution in [2.24, 2.45) is 16.0 Å². The molecule has 0 aromatic heterocycles. The van der Waals surface area contributed by atoms with Gasteiger partial charge in [-0.15, -0.1) is 4.40 Å². The average molecular weight is 439 g/mol. The molecule has 0 bridgehead atoms.